The molecule has 1 amide bonds. The van der Waals surface area contributed by atoms with E-state index in [-0.39, 0.29) is 12.5 Å². The van der Waals surface area contributed by atoms with E-state index in [2.05, 4.69) is 5.32 Å². The lowest BCUT2D eigenvalue weighted by atomic mass is 9.88. The third-order valence-corrected chi connectivity index (χ3v) is 3.90. The molecule has 6 heteroatoms. The quantitative estimate of drug-likeness (QED) is 0.783. The Morgan fingerprint density at radius 1 is 1.38 bits per heavy atom. The number of carbonyl (C=O) groups is 2. The van der Waals surface area contributed by atoms with Gasteiger partial charge in [-0.2, -0.15) is 0 Å². The van der Waals surface area contributed by atoms with Crippen LogP contribution in [0.15, 0.2) is 24.3 Å². The van der Waals surface area contributed by atoms with E-state index in [1.807, 2.05) is 0 Å². The molecular formula is C15H17Cl2NO3. The molecule has 0 fully saturated rings. The van der Waals surface area contributed by atoms with Gasteiger partial charge in [-0.15, -0.1) is 0 Å². The van der Waals surface area contributed by atoms with Gasteiger partial charge in [-0.1, -0.05) is 30.1 Å². The van der Waals surface area contributed by atoms with Crippen LogP contribution in [0.1, 0.15) is 25.8 Å². The predicted molar refractivity (Wildman–Crippen MR) is 84.5 cm³/mol. The number of carboxylic acids is 1. The molecule has 0 aliphatic carbocycles. The SMILES string of the molecule is CCC(C)(CNC(=O)/C=C/c1cc(Cl)ccc1Cl)C(=O)O. The van der Waals surface area contributed by atoms with Crippen LogP contribution < -0.4 is 5.32 Å². The Morgan fingerprint density at radius 2 is 2.05 bits per heavy atom. The number of rotatable bonds is 6. The molecule has 0 heterocycles. The van der Waals surface area contributed by atoms with Crippen molar-refractivity contribution < 1.29 is 14.7 Å². The Labute approximate surface area is 133 Å². The molecule has 0 bridgehead atoms. The lowest BCUT2D eigenvalue weighted by Gasteiger charge is -2.22. The molecule has 1 aromatic carbocycles. The number of carboxylic acid groups (broad SMARTS) is 1. The molecule has 1 atom stereocenters. The number of carbonyl (C=O) groups excluding carboxylic acids is 1. The maximum absolute atomic E-state index is 11.7. The van der Waals surface area contributed by atoms with Crippen LogP contribution in [-0.2, 0) is 9.59 Å². The first-order valence-electron chi connectivity index (χ1n) is 6.43. The van der Waals surface area contributed by atoms with Crippen molar-refractivity contribution in [2.24, 2.45) is 5.41 Å². The number of hydrogen-bond donors (Lipinski definition) is 2. The lowest BCUT2D eigenvalue weighted by molar-refractivity contribution is -0.148. The van der Waals surface area contributed by atoms with Crippen LogP contribution in [0.4, 0.5) is 0 Å². The summed E-state index contributed by atoms with van der Waals surface area (Å²) in [5.41, 5.74) is -0.354. The molecule has 0 saturated carbocycles. The molecule has 0 aromatic heterocycles. The minimum absolute atomic E-state index is 0.0608. The summed E-state index contributed by atoms with van der Waals surface area (Å²) in [6.07, 6.45) is 3.26. The molecule has 0 aliphatic heterocycles. The number of aliphatic carboxylic acids is 1. The highest BCUT2D eigenvalue weighted by atomic mass is 35.5. The highest BCUT2D eigenvalue weighted by Crippen LogP contribution is 2.22. The fourth-order valence-corrected chi connectivity index (χ4v) is 1.86. The van der Waals surface area contributed by atoms with E-state index in [4.69, 9.17) is 28.3 Å². The maximum Gasteiger partial charge on any atom is 0.311 e. The fraction of sp³-hybridized carbons (Fsp3) is 0.333. The Bertz CT molecular complexity index is 572. The standard InChI is InChI=1S/C15H17Cl2NO3/c1-3-15(2,14(20)21)9-18-13(19)7-4-10-8-11(16)5-6-12(10)17/h4-8H,3,9H2,1-2H3,(H,18,19)(H,20,21)/b7-4+. The first-order chi connectivity index (χ1) is 9.78. The zero-order valence-corrected chi connectivity index (χ0v) is 13.3. The summed E-state index contributed by atoms with van der Waals surface area (Å²) < 4.78 is 0. The lowest BCUT2D eigenvalue weighted by Crippen LogP contribution is -2.40. The number of amides is 1. The van der Waals surface area contributed by atoms with Gasteiger partial charge in [-0.05, 0) is 43.2 Å². The van der Waals surface area contributed by atoms with Crippen LogP contribution in [0.2, 0.25) is 10.0 Å². The molecule has 114 valence electrons. The predicted octanol–water partition coefficient (Wildman–Crippen LogP) is 3.62. The monoisotopic (exact) mass is 329 g/mol. The third kappa shape index (κ3) is 5.06. The van der Waals surface area contributed by atoms with Crippen molar-refractivity contribution in [2.45, 2.75) is 20.3 Å². The maximum atomic E-state index is 11.7. The van der Waals surface area contributed by atoms with Crippen LogP contribution in [0.3, 0.4) is 0 Å². The zero-order valence-electron chi connectivity index (χ0n) is 11.8. The molecule has 0 aliphatic rings. The van der Waals surface area contributed by atoms with Gasteiger partial charge in [0.2, 0.25) is 5.91 Å². The summed E-state index contributed by atoms with van der Waals surface area (Å²) >= 11 is 11.8. The second-order valence-electron chi connectivity index (χ2n) is 4.94. The van der Waals surface area contributed by atoms with Crippen molar-refractivity contribution in [1.29, 1.82) is 0 Å². The highest BCUT2D eigenvalue weighted by molar-refractivity contribution is 6.34. The minimum Gasteiger partial charge on any atom is -0.481 e. The van der Waals surface area contributed by atoms with Crippen LogP contribution in [-0.4, -0.2) is 23.5 Å². The average Bonchev–Trinajstić information content (AvgIpc) is 2.45. The summed E-state index contributed by atoms with van der Waals surface area (Å²) in [4.78, 5) is 22.9. The van der Waals surface area contributed by atoms with Gasteiger partial charge in [0.15, 0.2) is 0 Å². The summed E-state index contributed by atoms with van der Waals surface area (Å²) in [6, 6.07) is 4.93. The van der Waals surface area contributed by atoms with E-state index in [1.54, 1.807) is 32.0 Å². The van der Waals surface area contributed by atoms with E-state index in [9.17, 15) is 9.59 Å². The van der Waals surface area contributed by atoms with Gasteiger partial charge in [0.1, 0.15) is 0 Å². The van der Waals surface area contributed by atoms with Crippen molar-refractivity contribution in [2.75, 3.05) is 6.54 Å². The Kier molecular flexibility index (Phi) is 6.24. The first kappa shape index (κ1) is 17.5. The second kappa shape index (κ2) is 7.48. The van der Waals surface area contributed by atoms with E-state index in [0.717, 1.165) is 0 Å². The normalized spacial score (nSPS) is 13.9. The third-order valence-electron chi connectivity index (χ3n) is 3.32. The number of halogens is 2. The largest absolute Gasteiger partial charge is 0.481 e. The fourth-order valence-electron chi connectivity index (χ4n) is 1.50. The molecule has 1 rings (SSSR count). The van der Waals surface area contributed by atoms with Gasteiger partial charge >= 0.3 is 5.97 Å². The van der Waals surface area contributed by atoms with Gasteiger partial charge in [0.25, 0.3) is 0 Å². The molecule has 1 unspecified atom stereocenters. The molecule has 0 saturated heterocycles. The van der Waals surface area contributed by atoms with Crippen molar-refractivity contribution in [3.8, 4) is 0 Å². The molecule has 2 N–H and O–H groups in total. The smallest absolute Gasteiger partial charge is 0.311 e. The molecule has 4 nitrogen and oxygen atoms in total. The summed E-state index contributed by atoms with van der Waals surface area (Å²) in [6.45, 7) is 3.42. The molecule has 0 radical (unpaired) electrons. The number of hydrogen-bond acceptors (Lipinski definition) is 2. The van der Waals surface area contributed by atoms with Gasteiger partial charge in [0.05, 0.1) is 5.41 Å². The molecular weight excluding hydrogens is 313 g/mol. The van der Waals surface area contributed by atoms with E-state index in [0.29, 0.717) is 22.0 Å². The van der Waals surface area contributed by atoms with Crippen molar-refractivity contribution >= 4 is 41.2 Å². The van der Waals surface area contributed by atoms with Crippen molar-refractivity contribution in [1.82, 2.24) is 5.32 Å². The highest BCUT2D eigenvalue weighted by Gasteiger charge is 2.31. The Hall–Kier alpha value is -1.52. The van der Waals surface area contributed by atoms with Crippen molar-refractivity contribution in [3.63, 3.8) is 0 Å². The van der Waals surface area contributed by atoms with Crippen LogP contribution in [0.25, 0.3) is 6.08 Å². The Morgan fingerprint density at radius 3 is 2.62 bits per heavy atom. The molecule has 21 heavy (non-hydrogen) atoms. The van der Waals surface area contributed by atoms with Gasteiger partial charge in [-0.25, -0.2) is 0 Å². The molecule has 0 spiro atoms. The van der Waals surface area contributed by atoms with Crippen LogP contribution in [0, 0.1) is 5.41 Å². The topological polar surface area (TPSA) is 66.4 Å². The van der Waals surface area contributed by atoms with Gasteiger partial charge in [-0.3, -0.25) is 9.59 Å². The Balaban J connectivity index is 2.67. The van der Waals surface area contributed by atoms with Crippen LogP contribution >= 0.6 is 23.2 Å². The van der Waals surface area contributed by atoms with E-state index < -0.39 is 11.4 Å². The van der Waals surface area contributed by atoms with E-state index >= 15 is 0 Å². The summed E-state index contributed by atoms with van der Waals surface area (Å²) in [7, 11) is 0. The first-order valence-corrected chi connectivity index (χ1v) is 7.18. The zero-order chi connectivity index (χ0) is 16.0. The average molecular weight is 330 g/mol. The minimum atomic E-state index is -0.975. The van der Waals surface area contributed by atoms with E-state index in [1.165, 1.54) is 12.2 Å². The van der Waals surface area contributed by atoms with Gasteiger partial charge in [0, 0.05) is 22.7 Å². The number of nitrogens with one attached hydrogen (secondary N) is 1. The summed E-state index contributed by atoms with van der Waals surface area (Å²) in [5, 5.41) is 12.7. The number of benzene rings is 1. The second-order valence-corrected chi connectivity index (χ2v) is 5.78. The molecule has 1 aromatic rings. The van der Waals surface area contributed by atoms with Crippen LogP contribution in [0.5, 0.6) is 0 Å². The summed E-state index contributed by atoms with van der Waals surface area (Å²) in [5.74, 6) is -1.32. The van der Waals surface area contributed by atoms with Crippen molar-refractivity contribution in [3.05, 3.63) is 39.9 Å². The van der Waals surface area contributed by atoms with Gasteiger partial charge < -0.3 is 10.4 Å².